The minimum absolute atomic E-state index is 0.316. The van der Waals surface area contributed by atoms with E-state index in [1.807, 2.05) is 0 Å². The Balaban J connectivity index is 2.14. The maximum absolute atomic E-state index is 11.1. The Bertz CT molecular complexity index is 445. The lowest BCUT2D eigenvalue weighted by molar-refractivity contribution is 0.112. The highest BCUT2D eigenvalue weighted by atomic mass is 32.1. The molecule has 2 heterocycles. The van der Waals surface area contributed by atoms with Crippen molar-refractivity contribution >= 4 is 22.8 Å². The van der Waals surface area contributed by atoms with Gasteiger partial charge in [-0.2, -0.15) is 0 Å². The van der Waals surface area contributed by atoms with E-state index in [1.165, 1.54) is 19.3 Å². The summed E-state index contributed by atoms with van der Waals surface area (Å²) in [6.07, 6.45) is 4.64. The van der Waals surface area contributed by atoms with Crippen molar-refractivity contribution in [2.75, 3.05) is 18.0 Å². The lowest BCUT2D eigenvalue weighted by Crippen LogP contribution is -2.38. The zero-order valence-electron chi connectivity index (χ0n) is 12.4. The van der Waals surface area contributed by atoms with E-state index in [0.29, 0.717) is 11.3 Å². The van der Waals surface area contributed by atoms with Gasteiger partial charge >= 0.3 is 0 Å². The van der Waals surface area contributed by atoms with Crippen LogP contribution >= 0.6 is 11.3 Å². The van der Waals surface area contributed by atoms with Gasteiger partial charge in [-0.05, 0) is 24.2 Å². The highest BCUT2D eigenvalue weighted by molar-refractivity contribution is 7.17. The molecule has 1 aliphatic rings. The van der Waals surface area contributed by atoms with Gasteiger partial charge in [0.2, 0.25) is 0 Å². The number of nitrogens with zero attached hydrogens (tertiary/aromatic N) is 2. The van der Waals surface area contributed by atoms with Crippen molar-refractivity contribution in [3.63, 3.8) is 0 Å². The highest BCUT2D eigenvalue weighted by Gasteiger charge is 2.30. The van der Waals surface area contributed by atoms with Gasteiger partial charge in [-0.1, -0.05) is 45.5 Å². The third kappa shape index (κ3) is 2.99. The number of piperidine rings is 1. The van der Waals surface area contributed by atoms with Crippen LogP contribution in [0.25, 0.3) is 0 Å². The molecule has 19 heavy (non-hydrogen) atoms. The molecule has 1 aliphatic heterocycles. The molecule has 0 aromatic carbocycles. The first kappa shape index (κ1) is 14.5. The summed E-state index contributed by atoms with van der Waals surface area (Å²) in [6.45, 7) is 11.0. The average molecular weight is 280 g/mol. The zero-order valence-corrected chi connectivity index (χ0v) is 13.2. The van der Waals surface area contributed by atoms with Crippen molar-refractivity contribution in [3.8, 4) is 0 Å². The molecule has 1 aromatic rings. The van der Waals surface area contributed by atoms with Crippen molar-refractivity contribution in [1.82, 2.24) is 4.98 Å². The maximum Gasteiger partial charge on any atom is 0.186 e. The lowest BCUT2D eigenvalue weighted by atomic mass is 9.78. The maximum atomic E-state index is 11.1. The molecule has 2 rings (SSSR count). The van der Waals surface area contributed by atoms with Gasteiger partial charge in [-0.15, -0.1) is 0 Å². The van der Waals surface area contributed by atoms with Gasteiger partial charge < -0.3 is 4.90 Å². The summed E-state index contributed by atoms with van der Waals surface area (Å²) in [5.74, 6) is 0.316. The molecular formula is C15H24N2OS. The molecule has 0 amide bonds. The van der Waals surface area contributed by atoms with Gasteiger partial charge in [-0.25, -0.2) is 4.98 Å². The largest absolute Gasteiger partial charge is 0.348 e. The van der Waals surface area contributed by atoms with E-state index in [4.69, 9.17) is 4.98 Å². The van der Waals surface area contributed by atoms with E-state index in [2.05, 4.69) is 32.6 Å². The molecule has 0 saturated carbocycles. The number of anilines is 1. The molecule has 0 N–H and O–H groups in total. The third-order valence-electron chi connectivity index (χ3n) is 4.42. The standard InChI is InChI=1S/C15H24N2OS/c1-5-15(4)6-8-17(9-7-15)14-16-13(11(2)3)12(10-18)19-14/h10-11H,5-9H2,1-4H3. The summed E-state index contributed by atoms with van der Waals surface area (Å²) in [5, 5.41) is 1.03. The van der Waals surface area contributed by atoms with E-state index in [-0.39, 0.29) is 0 Å². The molecule has 0 unspecified atom stereocenters. The first-order valence-electron chi connectivity index (χ1n) is 7.20. The number of carbonyl (C=O) groups excluding carboxylic acids is 1. The van der Waals surface area contributed by atoms with E-state index in [9.17, 15) is 4.79 Å². The first-order chi connectivity index (χ1) is 8.99. The Morgan fingerprint density at radius 3 is 2.47 bits per heavy atom. The summed E-state index contributed by atoms with van der Waals surface area (Å²) in [4.78, 5) is 19.0. The first-order valence-corrected chi connectivity index (χ1v) is 8.01. The molecule has 0 atom stereocenters. The number of carbonyl (C=O) groups is 1. The summed E-state index contributed by atoms with van der Waals surface area (Å²) in [7, 11) is 0. The minimum atomic E-state index is 0.316. The Morgan fingerprint density at radius 1 is 1.42 bits per heavy atom. The number of hydrogen-bond donors (Lipinski definition) is 0. The van der Waals surface area contributed by atoms with Gasteiger partial charge in [-0.3, -0.25) is 4.79 Å². The van der Waals surface area contributed by atoms with Gasteiger partial charge in [0.05, 0.1) is 10.6 Å². The summed E-state index contributed by atoms with van der Waals surface area (Å²) in [6, 6.07) is 0. The number of aromatic nitrogens is 1. The Hall–Kier alpha value is -0.900. The fourth-order valence-corrected chi connectivity index (χ4v) is 3.64. The molecule has 1 aromatic heterocycles. The molecule has 4 heteroatoms. The van der Waals surface area contributed by atoms with Crippen molar-refractivity contribution in [2.24, 2.45) is 5.41 Å². The van der Waals surface area contributed by atoms with E-state index >= 15 is 0 Å². The van der Waals surface area contributed by atoms with Crippen LogP contribution in [0.5, 0.6) is 0 Å². The predicted molar refractivity (Wildman–Crippen MR) is 81.4 cm³/mol. The highest BCUT2D eigenvalue weighted by Crippen LogP contribution is 2.37. The lowest BCUT2D eigenvalue weighted by Gasteiger charge is -2.38. The zero-order chi connectivity index (χ0) is 14.0. The molecule has 1 fully saturated rings. The molecule has 3 nitrogen and oxygen atoms in total. The predicted octanol–water partition coefficient (Wildman–Crippen LogP) is 4.10. The number of aldehydes is 1. The van der Waals surface area contributed by atoms with Crippen molar-refractivity contribution in [2.45, 2.75) is 52.9 Å². The number of rotatable bonds is 4. The molecular weight excluding hydrogens is 256 g/mol. The SMILES string of the molecule is CCC1(C)CCN(c2nc(C(C)C)c(C=O)s2)CC1. The monoisotopic (exact) mass is 280 g/mol. The topological polar surface area (TPSA) is 33.2 Å². The van der Waals surface area contributed by atoms with Crippen LogP contribution in [-0.2, 0) is 0 Å². The Labute approximate surface area is 120 Å². The molecule has 0 radical (unpaired) electrons. The second-order valence-electron chi connectivity index (χ2n) is 6.17. The molecule has 106 valence electrons. The van der Waals surface area contributed by atoms with Crippen LogP contribution in [0.1, 0.15) is 68.2 Å². The Kier molecular flexibility index (Phi) is 4.29. The summed E-state index contributed by atoms with van der Waals surface area (Å²) >= 11 is 1.55. The van der Waals surface area contributed by atoms with Crippen LogP contribution in [0, 0.1) is 5.41 Å². The van der Waals surface area contributed by atoms with Crippen LogP contribution < -0.4 is 4.90 Å². The van der Waals surface area contributed by atoms with Gasteiger partial charge in [0.15, 0.2) is 11.4 Å². The van der Waals surface area contributed by atoms with Crippen molar-refractivity contribution in [3.05, 3.63) is 10.6 Å². The van der Waals surface area contributed by atoms with E-state index < -0.39 is 0 Å². The van der Waals surface area contributed by atoms with Crippen molar-refractivity contribution in [1.29, 1.82) is 0 Å². The Morgan fingerprint density at radius 2 is 2.05 bits per heavy atom. The van der Waals surface area contributed by atoms with Crippen LogP contribution in [-0.4, -0.2) is 24.4 Å². The smallest absolute Gasteiger partial charge is 0.186 e. The second-order valence-corrected chi connectivity index (χ2v) is 7.18. The van der Waals surface area contributed by atoms with Crippen molar-refractivity contribution < 1.29 is 4.79 Å². The average Bonchev–Trinajstić information content (AvgIpc) is 2.84. The van der Waals surface area contributed by atoms with Gasteiger partial charge in [0.1, 0.15) is 0 Å². The van der Waals surface area contributed by atoms with E-state index in [1.54, 1.807) is 11.3 Å². The van der Waals surface area contributed by atoms with Gasteiger partial charge in [0.25, 0.3) is 0 Å². The summed E-state index contributed by atoms with van der Waals surface area (Å²) < 4.78 is 0. The molecule has 0 bridgehead atoms. The van der Waals surface area contributed by atoms with Crippen LogP contribution in [0.2, 0.25) is 0 Å². The van der Waals surface area contributed by atoms with Crippen LogP contribution in [0.4, 0.5) is 5.13 Å². The van der Waals surface area contributed by atoms with Gasteiger partial charge in [0, 0.05) is 13.1 Å². The minimum Gasteiger partial charge on any atom is -0.348 e. The van der Waals surface area contributed by atoms with E-state index in [0.717, 1.165) is 35.1 Å². The van der Waals surface area contributed by atoms with Crippen LogP contribution in [0.15, 0.2) is 0 Å². The third-order valence-corrected chi connectivity index (χ3v) is 5.48. The fourth-order valence-electron chi connectivity index (χ4n) is 2.56. The summed E-state index contributed by atoms with van der Waals surface area (Å²) in [5.41, 5.74) is 1.45. The number of hydrogen-bond acceptors (Lipinski definition) is 4. The molecule has 0 aliphatic carbocycles. The quantitative estimate of drug-likeness (QED) is 0.779. The molecule has 0 spiro atoms. The second kappa shape index (κ2) is 5.61. The molecule has 1 saturated heterocycles. The normalized spacial score (nSPS) is 18.9. The number of thiazole rings is 1. The van der Waals surface area contributed by atoms with Crippen LogP contribution in [0.3, 0.4) is 0 Å². The fraction of sp³-hybridized carbons (Fsp3) is 0.733.